The maximum atomic E-state index is 6.84. The average molecular weight is 135 g/mol. The van der Waals surface area contributed by atoms with Crippen LogP contribution in [-0.2, 0) is 0 Å². The van der Waals surface area contributed by atoms with Gasteiger partial charge in [-0.3, -0.25) is 10.4 Å². The van der Waals surface area contributed by atoms with Crippen molar-refractivity contribution in [3.05, 3.63) is 18.6 Å². The van der Waals surface area contributed by atoms with E-state index in [1.54, 1.807) is 18.6 Å². The summed E-state index contributed by atoms with van der Waals surface area (Å²) in [6, 6.07) is 0. The molecule has 2 heterocycles. The largest absolute Gasteiger partial charge is 0.372 e. The molecule has 0 bridgehead atoms. The Balaban J connectivity index is 2.67. The Morgan fingerprint density at radius 2 is 2.50 bits per heavy atom. The lowest BCUT2D eigenvalue weighted by atomic mass is 10.3. The predicted molar refractivity (Wildman–Crippen MR) is 35.3 cm³/mol. The third-order valence-electron chi connectivity index (χ3n) is 1.29. The van der Waals surface area contributed by atoms with Crippen LogP contribution in [0.15, 0.2) is 23.1 Å². The third-order valence-corrected chi connectivity index (χ3v) is 1.29. The molecule has 0 spiro atoms. The van der Waals surface area contributed by atoms with Crippen molar-refractivity contribution >= 4 is 6.34 Å². The quantitative estimate of drug-likeness (QED) is 0.469. The van der Waals surface area contributed by atoms with Gasteiger partial charge in [-0.25, -0.2) is 0 Å². The summed E-state index contributed by atoms with van der Waals surface area (Å²) in [7, 11) is 0. The van der Waals surface area contributed by atoms with E-state index in [0.29, 0.717) is 5.76 Å². The van der Waals surface area contributed by atoms with Crippen molar-refractivity contribution in [1.29, 1.82) is 5.41 Å². The maximum absolute atomic E-state index is 6.84. The van der Waals surface area contributed by atoms with Crippen molar-refractivity contribution < 1.29 is 4.52 Å². The number of hydrogen-bond donors (Lipinski definition) is 1. The van der Waals surface area contributed by atoms with Crippen LogP contribution in [0.25, 0.3) is 11.3 Å². The highest BCUT2D eigenvalue weighted by Gasteiger charge is 2.07. The predicted octanol–water partition coefficient (Wildman–Crippen LogP) is 1.04. The van der Waals surface area contributed by atoms with Gasteiger partial charge in [0.05, 0.1) is 18.0 Å². The molecular weight excluding hydrogens is 130 g/mol. The Morgan fingerprint density at radius 3 is 3.20 bits per heavy atom. The Hall–Kier alpha value is -1.58. The van der Waals surface area contributed by atoms with E-state index in [4.69, 9.17) is 9.93 Å². The van der Waals surface area contributed by atoms with Crippen LogP contribution in [0.4, 0.5) is 0 Å². The van der Waals surface area contributed by atoms with Crippen LogP contribution in [0.2, 0.25) is 0 Å². The van der Waals surface area contributed by atoms with E-state index in [2.05, 4.69) is 4.98 Å². The van der Waals surface area contributed by atoms with Gasteiger partial charge in [0.25, 0.3) is 0 Å². The number of nitrogens with zero attached hydrogens (tertiary/aromatic N) is 2. The lowest BCUT2D eigenvalue weighted by molar-refractivity contribution is 0.382. The van der Waals surface area contributed by atoms with Crippen LogP contribution in [0.1, 0.15) is 0 Å². The smallest absolute Gasteiger partial charge is 0.184 e. The molecule has 4 nitrogen and oxygen atoms in total. The summed E-state index contributed by atoms with van der Waals surface area (Å²) in [5.41, 5.74) is 0.920. The van der Waals surface area contributed by atoms with Crippen LogP contribution in [-0.4, -0.2) is 16.1 Å². The highest BCUT2D eigenvalue weighted by molar-refractivity contribution is 5.61. The summed E-state index contributed by atoms with van der Waals surface area (Å²) in [6.07, 6.45) is 6.11. The monoisotopic (exact) mass is 135 g/mol. The van der Waals surface area contributed by atoms with E-state index < -0.39 is 0 Å². The zero-order chi connectivity index (χ0) is 6.97. The number of rotatable bonds is 1. The number of hydrogen-bond acceptors (Lipinski definition) is 3. The van der Waals surface area contributed by atoms with E-state index in [9.17, 15) is 0 Å². The van der Waals surface area contributed by atoms with Gasteiger partial charge in [-0.1, -0.05) is 0 Å². The van der Waals surface area contributed by atoms with E-state index in [0.717, 1.165) is 11.9 Å². The number of nitrogens with one attached hydrogen (secondary N) is 1. The Kier molecular flexibility index (Phi) is 0.887. The Bertz CT molecular complexity index is 296. The SMILES string of the molecule is N=Cn1cc2cncc-2o1. The van der Waals surface area contributed by atoms with E-state index in [1.807, 2.05) is 0 Å². The molecule has 0 atom stereocenters. The highest BCUT2D eigenvalue weighted by Crippen LogP contribution is 2.20. The first-order chi connectivity index (χ1) is 4.90. The van der Waals surface area contributed by atoms with Crippen LogP contribution in [0, 0.1) is 5.41 Å². The molecule has 0 unspecified atom stereocenters. The lowest BCUT2D eigenvalue weighted by Gasteiger charge is -1.82. The summed E-state index contributed by atoms with van der Waals surface area (Å²) in [6.45, 7) is 0. The van der Waals surface area contributed by atoms with Crippen molar-refractivity contribution in [2.45, 2.75) is 0 Å². The summed E-state index contributed by atoms with van der Waals surface area (Å²) in [4.78, 5) is 3.85. The van der Waals surface area contributed by atoms with Gasteiger partial charge in [-0.2, -0.15) is 4.74 Å². The zero-order valence-corrected chi connectivity index (χ0v) is 5.11. The van der Waals surface area contributed by atoms with Crippen LogP contribution in [0.5, 0.6) is 0 Å². The lowest BCUT2D eigenvalue weighted by Crippen LogP contribution is -1.85. The topological polar surface area (TPSA) is 54.8 Å². The second kappa shape index (κ2) is 1.70. The second-order valence-electron chi connectivity index (χ2n) is 1.94. The van der Waals surface area contributed by atoms with Crippen LogP contribution >= 0.6 is 0 Å². The van der Waals surface area contributed by atoms with Crippen molar-refractivity contribution in [2.24, 2.45) is 0 Å². The molecule has 0 fully saturated rings. The molecule has 0 saturated carbocycles. The van der Waals surface area contributed by atoms with E-state index in [1.165, 1.54) is 4.74 Å². The average Bonchev–Trinajstić information content (AvgIpc) is 2.42. The molecule has 2 aliphatic rings. The second-order valence-corrected chi connectivity index (χ2v) is 1.94. The van der Waals surface area contributed by atoms with Gasteiger partial charge < -0.3 is 4.52 Å². The van der Waals surface area contributed by atoms with Crippen molar-refractivity contribution in [1.82, 2.24) is 9.72 Å². The third kappa shape index (κ3) is 0.556. The molecule has 10 heavy (non-hydrogen) atoms. The summed E-state index contributed by atoms with van der Waals surface area (Å²) in [5, 5.41) is 6.84. The van der Waals surface area contributed by atoms with Crippen molar-refractivity contribution in [3.63, 3.8) is 0 Å². The molecule has 0 aromatic rings. The van der Waals surface area contributed by atoms with Gasteiger partial charge >= 0.3 is 0 Å². The molecule has 1 N–H and O–H groups in total. The zero-order valence-electron chi connectivity index (χ0n) is 5.11. The Morgan fingerprint density at radius 1 is 1.60 bits per heavy atom. The normalized spacial score (nSPS) is 10.4. The standard InChI is InChI=1S/C6H5N3O/c7-4-9-3-5-1-8-2-6(5)10-9/h1-4,7H. The molecule has 0 aliphatic carbocycles. The summed E-state index contributed by atoms with van der Waals surface area (Å²) < 4.78 is 6.39. The molecule has 0 saturated heterocycles. The van der Waals surface area contributed by atoms with Crippen molar-refractivity contribution in [3.8, 4) is 11.3 Å². The minimum Gasteiger partial charge on any atom is -0.372 e. The first kappa shape index (κ1) is 5.22. The fraction of sp³-hybridized carbons (Fsp3) is 0. The molecule has 2 rings (SSSR count). The minimum absolute atomic E-state index is 0.712. The summed E-state index contributed by atoms with van der Waals surface area (Å²) >= 11 is 0. The summed E-state index contributed by atoms with van der Waals surface area (Å²) in [5.74, 6) is 0.712. The fourth-order valence-corrected chi connectivity index (χ4v) is 0.837. The van der Waals surface area contributed by atoms with Gasteiger partial charge in [0.15, 0.2) is 5.76 Å². The molecular formula is C6H5N3O. The first-order valence-electron chi connectivity index (χ1n) is 2.82. The molecule has 0 aromatic carbocycles. The molecule has 0 amide bonds. The molecule has 50 valence electrons. The molecule has 2 aliphatic heterocycles. The number of fused-ring (bicyclic) bond motifs is 1. The van der Waals surface area contributed by atoms with Gasteiger partial charge in [0.2, 0.25) is 0 Å². The van der Waals surface area contributed by atoms with Gasteiger partial charge in [-0.15, -0.1) is 0 Å². The first-order valence-corrected chi connectivity index (χ1v) is 2.82. The van der Waals surface area contributed by atoms with Gasteiger partial charge in [0, 0.05) is 6.20 Å². The van der Waals surface area contributed by atoms with E-state index >= 15 is 0 Å². The Labute approximate surface area is 56.9 Å². The van der Waals surface area contributed by atoms with Crippen molar-refractivity contribution in [2.75, 3.05) is 0 Å². The number of aromatic nitrogens is 2. The molecule has 0 aromatic heterocycles. The van der Waals surface area contributed by atoms with Gasteiger partial charge in [-0.05, 0) is 0 Å². The molecule has 4 heteroatoms. The highest BCUT2D eigenvalue weighted by atomic mass is 16.5. The molecule has 0 radical (unpaired) electrons. The maximum Gasteiger partial charge on any atom is 0.184 e. The van der Waals surface area contributed by atoms with Gasteiger partial charge in [0.1, 0.15) is 6.34 Å². The van der Waals surface area contributed by atoms with Crippen LogP contribution < -0.4 is 0 Å². The van der Waals surface area contributed by atoms with Crippen LogP contribution in [0.3, 0.4) is 0 Å². The fourth-order valence-electron chi connectivity index (χ4n) is 0.837. The van der Waals surface area contributed by atoms with E-state index in [-0.39, 0.29) is 0 Å². The minimum atomic E-state index is 0.712.